The molecule has 5 heteroatoms. The number of benzene rings is 1. The molecule has 1 aliphatic carbocycles. The lowest BCUT2D eigenvalue weighted by Gasteiger charge is -2.04. The summed E-state index contributed by atoms with van der Waals surface area (Å²) in [5.41, 5.74) is 6.22. The molecule has 78 valence electrons. The molecule has 0 spiro atoms. The van der Waals surface area contributed by atoms with Crippen molar-refractivity contribution in [2.24, 2.45) is 5.73 Å². The van der Waals surface area contributed by atoms with E-state index in [-0.39, 0.29) is 11.3 Å². The van der Waals surface area contributed by atoms with Crippen molar-refractivity contribution in [2.45, 2.75) is 18.8 Å². The van der Waals surface area contributed by atoms with Gasteiger partial charge in [0, 0.05) is 17.7 Å². The predicted molar refractivity (Wildman–Crippen MR) is 53.6 cm³/mol. The van der Waals surface area contributed by atoms with Gasteiger partial charge in [0.05, 0.1) is 4.92 Å². The zero-order valence-corrected chi connectivity index (χ0v) is 7.97. The first-order valence-corrected chi connectivity index (χ1v) is 4.67. The molecule has 0 saturated heterocycles. The normalized spacial score (nSPS) is 14.9. The first kappa shape index (κ1) is 9.64. The number of amides is 1. The summed E-state index contributed by atoms with van der Waals surface area (Å²) < 4.78 is 0. The Morgan fingerprint density at radius 1 is 1.47 bits per heavy atom. The van der Waals surface area contributed by atoms with Gasteiger partial charge in [-0.25, -0.2) is 0 Å². The van der Waals surface area contributed by atoms with Gasteiger partial charge in [-0.05, 0) is 24.3 Å². The molecular weight excluding hydrogens is 196 g/mol. The Labute approximate surface area is 86.0 Å². The second kappa shape index (κ2) is 3.34. The molecule has 0 unspecified atom stereocenters. The van der Waals surface area contributed by atoms with Gasteiger partial charge in [-0.1, -0.05) is 6.07 Å². The van der Waals surface area contributed by atoms with Gasteiger partial charge < -0.3 is 5.73 Å². The first-order chi connectivity index (χ1) is 7.09. The summed E-state index contributed by atoms with van der Waals surface area (Å²) in [4.78, 5) is 21.1. The molecule has 0 bridgehead atoms. The topological polar surface area (TPSA) is 86.2 Å². The Balaban J connectivity index is 2.48. The molecule has 0 aromatic heterocycles. The van der Waals surface area contributed by atoms with Crippen molar-refractivity contribution < 1.29 is 9.72 Å². The maximum atomic E-state index is 11.1. The lowest BCUT2D eigenvalue weighted by Crippen LogP contribution is -2.13. The fourth-order valence-electron chi connectivity index (χ4n) is 1.62. The molecule has 1 aromatic carbocycles. The fourth-order valence-corrected chi connectivity index (χ4v) is 1.62. The number of primary amides is 1. The van der Waals surface area contributed by atoms with Crippen molar-refractivity contribution in [3.63, 3.8) is 0 Å². The van der Waals surface area contributed by atoms with E-state index in [4.69, 9.17) is 5.73 Å². The van der Waals surface area contributed by atoms with Crippen molar-refractivity contribution >= 4 is 11.6 Å². The third-order valence-corrected chi connectivity index (χ3v) is 2.53. The molecule has 0 heterocycles. The third kappa shape index (κ3) is 1.81. The van der Waals surface area contributed by atoms with Crippen LogP contribution in [0.15, 0.2) is 18.2 Å². The molecule has 1 fully saturated rings. The van der Waals surface area contributed by atoms with Gasteiger partial charge in [0.25, 0.3) is 5.69 Å². The van der Waals surface area contributed by atoms with Crippen molar-refractivity contribution in [1.82, 2.24) is 0 Å². The average molecular weight is 206 g/mol. The summed E-state index contributed by atoms with van der Waals surface area (Å²) in [6, 6.07) is 4.31. The standard InChI is InChI=1S/C10H10N2O3/c11-10(13)9-5-7(12(14)15)3-4-8(9)6-1-2-6/h3-6H,1-2H2,(H2,11,13). The van der Waals surface area contributed by atoms with Gasteiger partial charge in [-0.15, -0.1) is 0 Å². The number of nitro benzene ring substituents is 1. The van der Waals surface area contributed by atoms with Gasteiger partial charge in [-0.3, -0.25) is 14.9 Å². The van der Waals surface area contributed by atoms with Crippen molar-refractivity contribution in [3.05, 3.63) is 39.4 Å². The van der Waals surface area contributed by atoms with E-state index in [1.165, 1.54) is 12.1 Å². The van der Waals surface area contributed by atoms with Crippen molar-refractivity contribution in [3.8, 4) is 0 Å². The van der Waals surface area contributed by atoms with E-state index in [0.29, 0.717) is 5.92 Å². The number of non-ortho nitro benzene ring substituents is 1. The second-order valence-electron chi connectivity index (χ2n) is 3.67. The number of rotatable bonds is 3. The van der Waals surface area contributed by atoms with Gasteiger partial charge in [-0.2, -0.15) is 0 Å². The van der Waals surface area contributed by atoms with Crippen molar-refractivity contribution in [2.75, 3.05) is 0 Å². The van der Waals surface area contributed by atoms with E-state index >= 15 is 0 Å². The molecule has 15 heavy (non-hydrogen) atoms. The van der Waals surface area contributed by atoms with E-state index in [9.17, 15) is 14.9 Å². The second-order valence-corrected chi connectivity index (χ2v) is 3.67. The molecule has 1 aromatic rings. The van der Waals surface area contributed by atoms with Gasteiger partial charge in [0.1, 0.15) is 0 Å². The molecule has 2 N–H and O–H groups in total. The van der Waals surface area contributed by atoms with E-state index in [1.54, 1.807) is 6.07 Å². The van der Waals surface area contributed by atoms with Crippen LogP contribution >= 0.6 is 0 Å². The van der Waals surface area contributed by atoms with Crippen LogP contribution in [0.4, 0.5) is 5.69 Å². The van der Waals surface area contributed by atoms with Crippen LogP contribution in [0.25, 0.3) is 0 Å². The van der Waals surface area contributed by atoms with Crippen LogP contribution in [0.5, 0.6) is 0 Å². The van der Waals surface area contributed by atoms with Crippen LogP contribution in [0.2, 0.25) is 0 Å². The highest BCUT2D eigenvalue weighted by molar-refractivity contribution is 5.95. The monoisotopic (exact) mass is 206 g/mol. The molecule has 0 atom stereocenters. The minimum atomic E-state index is -0.597. The van der Waals surface area contributed by atoms with Gasteiger partial charge >= 0.3 is 0 Å². The molecule has 0 aliphatic heterocycles. The zero-order valence-electron chi connectivity index (χ0n) is 7.97. The molecule has 5 nitrogen and oxygen atoms in total. The summed E-state index contributed by atoms with van der Waals surface area (Å²) in [6.07, 6.45) is 2.05. The largest absolute Gasteiger partial charge is 0.366 e. The van der Waals surface area contributed by atoms with E-state index in [1.807, 2.05) is 0 Å². The molecule has 1 amide bonds. The van der Waals surface area contributed by atoms with Crippen LogP contribution in [-0.2, 0) is 0 Å². The third-order valence-electron chi connectivity index (χ3n) is 2.53. The van der Waals surface area contributed by atoms with Gasteiger partial charge in [0.15, 0.2) is 0 Å². The quantitative estimate of drug-likeness (QED) is 0.601. The van der Waals surface area contributed by atoms with Crippen LogP contribution in [0, 0.1) is 10.1 Å². The lowest BCUT2D eigenvalue weighted by molar-refractivity contribution is -0.384. The van der Waals surface area contributed by atoms with Crippen molar-refractivity contribution in [1.29, 1.82) is 0 Å². The first-order valence-electron chi connectivity index (χ1n) is 4.67. The Bertz CT molecular complexity index is 438. The average Bonchev–Trinajstić information content (AvgIpc) is 2.99. The molecule has 1 saturated carbocycles. The summed E-state index contributed by atoms with van der Waals surface area (Å²) in [5.74, 6) is -0.242. The minimum Gasteiger partial charge on any atom is -0.366 e. The SMILES string of the molecule is NC(=O)c1cc([N+](=O)[O-])ccc1C1CC1. The highest BCUT2D eigenvalue weighted by atomic mass is 16.6. The zero-order chi connectivity index (χ0) is 11.0. The molecule has 1 aliphatic rings. The fraction of sp³-hybridized carbons (Fsp3) is 0.300. The minimum absolute atomic E-state index is 0.0896. The smallest absolute Gasteiger partial charge is 0.270 e. The Hall–Kier alpha value is -1.91. The number of hydrogen-bond donors (Lipinski definition) is 1. The Morgan fingerprint density at radius 2 is 2.13 bits per heavy atom. The number of hydrogen-bond acceptors (Lipinski definition) is 3. The summed E-state index contributed by atoms with van der Waals surface area (Å²) in [7, 11) is 0. The summed E-state index contributed by atoms with van der Waals surface area (Å²) >= 11 is 0. The number of nitrogens with zero attached hydrogens (tertiary/aromatic N) is 1. The van der Waals surface area contributed by atoms with E-state index in [0.717, 1.165) is 18.4 Å². The highest BCUT2D eigenvalue weighted by Crippen LogP contribution is 2.42. The number of carbonyl (C=O) groups is 1. The predicted octanol–water partition coefficient (Wildman–Crippen LogP) is 1.57. The van der Waals surface area contributed by atoms with Crippen LogP contribution in [0.1, 0.15) is 34.7 Å². The summed E-state index contributed by atoms with van der Waals surface area (Å²) in [6.45, 7) is 0. The van der Waals surface area contributed by atoms with Crippen LogP contribution < -0.4 is 5.73 Å². The highest BCUT2D eigenvalue weighted by Gasteiger charge is 2.28. The number of nitrogens with two attached hydrogens (primary N) is 1. The van der Waals surface area contributed by atoms with Crippen LogP contribution in [0.3, 0.4) is 0 Å². The van der Waals surface area contributed by atoms with Crippen LogP contribution in [-0.4, -0.2) is 10.8 Å². The molecule has 0 radical (unpaired) electrons. The van der Waals surface area contributed by atoms with E-state index < -0.39 is 10.8 Å². The maximum Gasteiger partial charge on any atom is 0.270 e. The number of nitro groups is 1. The molecule has 2 rings (SSSR count). The lowest BCUT2D eigenvalue weighted by atomic mass is 10.0. The van der Waals surface area contributed by atoms with Gasteiger partial charge in [0.2, 0.25) is 5.91 Å². The maximum absolute atomic E-state index is 11.1. The summed E-state index contributed by atoms with van der Waals surface area (Å²) in [5, 5.41) is 10.5. The number of carbonyl (C=O) groups excluding carboxylic acids is 1. The molecular formula is C10H10N2O3. The Morgan fingerprint density at radius 3 is 2.60 bits per heavy atom. The van der Waals surface area contributed by atoms with E-state index in [2.05, 4.69) is 0 Å². The Kier molecular flexibility index (Phi) is 2.15.